The van der Waals surface area contributed by atoms with Crippen molar-refractivity contribution >= 4 is 5.97 Å². The second-order valence-corrected chi connectivity index (χ2v) is 5.00. The monoisotopic (exact) mass is 262 g/mol. The van der Waals surface area contributed by atoms with Gasteiger partial charge in [-0.15, -0.1) is 0 Å². The molecule has 0 saturated heterocycles. The Labute approximate surface area is 111 Å². The Bertz CT molecular complexity index is 593. The molecule has 0 saturated carbocycles. The molecule has 6 nitrogen and oxygen atoms in total. The van der Waals surface area contributed by atoms with E-state index in [9.17, 15) is 9.90 Å². The zero-order chi connectivity index (χ0) is 14.4. The molecule has 1 N–H and O–H groups in total. The summed E-state index contributed by atoms with van der Waals surface area (Å²) in [5.41, 5.74) is 1.78. The number of aromatic nitrogens is 4. The summed E-state index contributed by atoms with van der Waals surface area (Å²) in [6, 6.07) is 3.71. The molecule has 2 rings (SSSR count). The molecule has 0 radical (unpaired) electrons. The first-order valence-corrected chi connectivity index (χ1v) is 6.07. The van der Waals surface area contributed by atoms with Gasteiger partial charge in [-0.2, -0.15) is 10.2 Å². The molecule has 0 fully saturated rings. The lowest BCUT2D eigenvalue weighted by Crippen LogP contribution is -2.48. The van der Waals surface area contributed by atoms with Crippen LogP contribution in [0.3, 0.4) is 0 Å². The van der Waals surface area contributed by atoms with Crippen molar-refractivity contribution in [1.29, 1.82) is 0 Å². The molecular weight excluding hydrogens is 244 g/mol. The van der Waals surface area contributed by atoms with Crippen LogP contribution in [0.2, 0.25) is 0 Å². The van der Waals surface area contributed by atoms with Gasteiger partial charge in [-0.25, -0.2) is 14.2 Å². The van der Waals surface area contributed by atoms with Crippen molar-refractivity contribution in [2.45, 2.75) is 40.3 Å². The van der Waals surface area contributed by atoms with Crippen LogP contribution in [-0.4, -0.2) is 30.6 Å². The quantitative estimate of drug-likeness (QED) is 0.912. The van der Waals surface area contributed by atoms with Gasteiger partial charge in [0, 0.05) is 11.4 Å². The Morgan fingerprint density at radius 1 is 1.05 bits per heavy atom. The van der Waals surface area contributed by atoms with Gasteiger partial charge < -0.3 is 5.11 Å². The minimum Gasteiger partial charge on any atom is -0.478 e. The molecule has 2 aromatic rings. The molecule has 6 heteroatoms. The van der Waals surface area contributed by atoms with Crippen LogP contribution >= 0.6 is 0 Å². The maximum absolute atomic E-state index is 11.8. The van der Waals surface area contributed by atoms with Crippen molar-refractivity contribution in [3.05, 3.63) is 34.9 Å². The zero-order valence-corrected chi connectivity index (χ0v) is 11.8. The van der Waals surface area contributed by atoms with Crippen molar-refractivity contribution in [3.63, 3.8) is 0 Å². The molecule has 19 heavy (non-hydrogen) atoms. The van der Waals surface area contributed by atoms with E-state index in [0.717, 1.165) is 22.8 Å². The maximum atomic E-state index is 11.8. The lowest BCUT2D eigenvalue weighted by Gasteiger charge is -2.28. The van der Waals surface area contributed by atoms with Gasteiger partial charge in [0.1, 0.15) is 0 Å². The van der Waals surface area contributed by atoms with Gasteiger partial charge in [-0.1, -0.05) is 0 Å². The van der Waals surface area contributed by atoms with Crippen LogP contribution in [-0.2, 0) is 10.5 Å². The second kappa shape index (κ2) is 4.22. The first-order chi connectivity index (χ1) is 8.76. The predicted molar refractivity (Wildman–Crippen MR) is 70.1 cm³/mol. The fourth-order valence-corrected chi connectivity index (χ4v) is 2.41. The average Bonchev–Trinajstić information content (AvgIpc) is 2.80. The van der Waals surface area contributed by atoms with Crippen LogP contribution in [0.4, 0.5) is 0 Å². The fourth-order valence-electron chi connectivity index (χ4n) is 2.41. The average molecular weight is 262 g/mol. The number of rotatable bonds is 3. The van der Waals surface area contributed by atoms with E-state index >= 15 is 0 Å². The van der Waals surface area contributed by atoms with Crippen LogP contribution in [0, 0.1) is 27.7 Å². The van der Waals surface area contributed by atoms with Crippen LogP contribution in [0.1, 0.15) is 29.7 Å². The Kier molecular flexibility index (Phi) is 2.96. The van der Waals surface area contributed by atoms with Gasteiger partial charge in [0.2, 0.25) is 5.66 Å². The molecule has 2 aromatic heterocycles. The van der Waals surface area contributed by atoms with Gasteiger partial charge in [0.05, 0.1) is 11.4 Å². The lowest BCUT2D eigenvalue weighted by molar-refractivity contribution is -0.149. The molecule has 0 amide bonds. The summed E-state index contributed by atoms with van der Waals surface area (Å²) in [5.74, 6) is -0.995. The van der Waals surface area contributed by atoms with Gasteiger partial charge >= 0.3 is 5.97 Å². The van der Waals surface area contributed by atoms with E-state index in [-0.39, 0.29) is 0 Å². The molecule has 102 valence electrons. The standard InChI is InChI=1S/C13H18N4O2/c1-8-6-10(3)16(14-8)13(5,12(18)19)17-11(4)7-9(2)15-17/h6-7H,1-5H3,(H,18,19). The molecule has 2 heterocycles. The normalized spacial score (nSPS) is 11.8. The number of carboxylic acid groups (broad SMARTS) is 1. The summed E-state index contributed by atoms with van der Waals surface area (Å²) < 4.78 is 3.01. The molecule has 0 aliphatic rings. The van der Waals surface area contributed by atoms with Crippen LogP contribution < -0.4 is 0 Å². The van der Waals surface area contributed by atoms with Crippen LogP contribution in [0.5, 0.6) is 0 Å². The number of nitrogens with zero attached hydrogens (tertiary/aromatic N) is 4. The molecule has 0 spiro atoms. The van der Waals surface area contributed by atoms with E-state index in [4.69, 9.17) is 0 Å². The topological polar surface area (TPSA) is 72.9 Å². The van der Waals surface area contributed by atoms with E-state index in [1.807, 2.05) is 39.8 Å². The van der Waals surface area contributed by atoms with Crippen molar-refractivity contribution in [1.82, 2.24) is 19.6 Å². The minimum atomic E-state index is -1.36. The number of aryl methyl sites for hydroxylation is 4. The van der Waals surface area contributed by atoms with E-state index in [1.54, 1.807) is 6.92 Å². The van der Waals surface area contributed by atoms with Gasteiger partial charge in [0.25, 0.3) is 0 Å². The number of aliphatic carboxylic acids is 1. The summed E-state index contributed by atoms with van der Waals surface area (Å²) in [4.78, 5) is 11.8. The largest absolute Gasteiger partial charge is 0.478 e. The number of hydrogen-bond donors (Lipinski definition) is 1. The molecule has 0 bridgehead atoms. The summed E-state index contributed by atoms with van der Waals surface area (Å²) in [7, 11) is 0. The molecular formula is C13H18N4O2. The van der Waals surface area contributed by atoms with Gasteiger partial charge in [-0.05, 0) is 46.8 Å². The van der Waals surface area contributed by atoms with Crippen molar-refractivity contribution < 1.29 is 9.90 Å². The predicted octanol–water partition coefficient (Wildman–Crippen LogP) is 1.62. The third-order valence-corrected chi connectivity index (χ3v) is 3.25. The molecule has 0 unspecified atom stereocenters. The highest BCUT2D eigenvalue weighted by molar-refractivity contribution is 5.76. The summed E-state index contributed by atoms with van der Waals surface area (Å²) in [6.45, 7) is 8.97. The smallest absolute Gasteiger partial charge is 0.354 e. The highest BCUT2D eigenvalue weighted by atomic mass is 16.4. The lowest BCUT2D eigenvalue weighted by atomic mass is 10.2. The molecule has 0 atom stereocenters. The maximum Gasteiger partial charge on any atom is 0.354 e. The highest BCUT2D eigenvalue weighted by Crippen LogP contribution is 2.23. The Morgan fingerprint density at radius 2 is 1.42 bits per heavy atom. The van der Waals surface area contributed by atoms with Crippen LogP contribution in [0.25, 0.3) is 0 Å². The van der Waals surface area contributed by atoms with Crippen molar-refractivity contribution in [2.24, 2.45) is 0 Å². The summed E-state index contributed by atoms with van der Waals surface area (Å²) >= 11 is 0. The van der Waals surface area contributed by atoms with Gasteiger partial charge in [0.15, 0.2) is 0 Å². The molecule has 0 aromatic carbocycles. The Hall–Kier alpha value is -2.11. The summed E-state index contributed by atoms with van der Waals surface area (Å²) in [5, 5.41) is 18.3. The molecule has 0 aliphatic carbocycles. The zero-order valence-electron chi connectivity index (χ0n) is 11.8. The Morgan fingerprint density at radius 3 is 1.63 bits per heavy atom. The summed E-state index contributed by atoms with van der Waals surface area (Å²) in [6.07, 6.45) is 0. The number of carbonyl (C=O) groups is 1. The fraction of sp³-hybridized carbons (Fsp3) is 0.462. The SMILES string of the molecule is Cc1cc(C)n(C(C)(C(=O)O)n2nc(C)cc2C)n1. The van der Waals surface area contributed by atoms with Crippen molar-refractivity contribution in [3.8, 4) is 0 Å². The van der Waals surface area contributed by atoms with E-state index in [0.29, 0.717) is 0 Å². The van der Waals surface area contributed by atoms with Gasteiger partial charge in [-0.3, -0.25) is 0 Å². The van der Waals surface area contributed by atoms with E-state index in [1.165, 1.54) is 9.36 Å². The first-order valence-electron chi connectivity index (χ1n) is 6.07. The number of hydrogen-bond acceptors (Lipinski definition) is 3. The van der Waals surface area contributed by atoms with Crippen LogP contribution in [0.15, 0.2) is 12.1 Å². The number of carboxylic acids is 1. The third kappa shape index (κ3) is 1.93. The van der Waals surface area contributed by atoms with Crippen molar-refractivity contribution in [2.75, 3.05) is 0 Å². The van der Waals surface area contributed by atoms with E-state index < -0.39 is 11.6 Å². The third-order valence-electron chi connectivity index (χ3n) is 3.25. The highest BCUT2D eigenvalue weighted by Gasteiger charge is 2.41. The first kappa shape index (κ1) is 13.3. The second-order valence-electron chi connectivity index (χ2n) is 5.00. The minimum absolute atomic E-state index is 0.784. The van der Waals surface area contributed by atoms with E-state index in [2.05, 4.69) is 10.2 Å². The molecule has 0 aliphatic heterocycles. The Balaban J connectivity index is 2.72.